The molecule has 0 radical (unpaired) electrons. The van der Waals surface area contributed by atoms with E-state index in [2.05, 4.69) is 5.32 Å². The van der Waals surface area contributed by atoms with Crippen LogP contribution in [0.3, 0.4) is 0 Å². The van der Waals surface area contributed by atoms with Crippen LogP contribution in [0.1, 0.15) is 15.9 Å². The molecule has 0 saturated carbocycles. The highest BCUT2D eigenvalue weighted by Gasteiger charge is 2.18. The third-order valence-corrected chi connectivity index (χ3v) is 4.99. The van der Waals surface area contributed by atoms with Crippen LogP contribution in [0, 0.1) is 12.7 Å². The molecule has 0 aliphatic heterocycles. The van der Waals surface area contributed by atoms with Crippen LogP contribution in [0.25, 0.3) is 0 Å². The maximum absolute atomic E-state index is 13.3. The summed E-state index contributed by atoms with van der Waals surface area (Å²) < 4.78 is 38.3. The third-order valence-electron chi connectivity index (χ3n) is 3.51. The monoisotopic (exact) mass is 384 g/mol. The second-order valence-corrected chi connectivity index (χ2v) is 7.87. The van der Waals surface area contributed by atoms with Crippen molar-refractivity contribution in [2.45, 2.75) is 6.92 Å². The minimum Gasteiger partial charge on any atom is -0.350 e. The molecule has 0 heterocycles. The lowest BCUT2D eigenvalue weighted by atomic mass is 10.1. The standard InChI is InChI=1S/C17H18ClFN2O3S/c1-12-3-5-13(6-4-12)17(22)20-9-10-21(25(2,23)24)14-7-8-16(19)15(18)11-14/h3-8,11H,9-10H2,1-2H3,(H,20,22). The van der Waals surface area contributed by atoms with Crippen molar-refractivity contribution in [2.75, 3.05) is 23.7 Å². The van der Waals surface area contributed by atoms with Crippen LogP contribution < -0.4 is 9.62 Å². The molecule has 2 aromatic carbocycles. The van der Waals surface area contributed by atoms with Crippen molar-refractivity contribution in [3.63, 3.8) is 0 Å². The van der Waals surface area contributed by atoms with Gasteiger partial charge in [0.2, 0.25) is 10.0 Å². The van der Waals surface area contributed by atoms with Crippen molar-refractivity contribution in [1.29, 1.82) is 0 Å². The Morgan fingerprint density at radius 2 is 1.84 bits per heavy atom. The fourth-order valence-corrected chi connectivity index (χ4v) is 3.30. The van der Waals surface area contributed by atoms with Gasteiger partial charge in [0, 0.05) is 12.1 Å². The van der Waals surface area contributed by atoms with Gasteiger partial charge in [-0.15, -0.1) is 0 Å². The van der Waals surface area contributed by atoms with Gasteiger partial charge < -0.3 is 5.32 Å². The Morgan fingerprint density at radius 3 is 2.40 bits per heavy atom. The van der Waals surface area contributed by atoms with Crippen molar-refractivity contribution in [2.24, 2.45) is 0 Å². The Balaban J connectivity index is 2.07. The van der Waals surface area contributed by atoms with E-state index in [0.29, 0.717) is 5.56 Å². The molecule has 0 aromatic heterocycles. The van der Waals surface area contributed by atoms with Gasteiger partial charge in [0.25, 0.3) is 5.91 Å². The Kier molecular flexibility index (Phi) is 6.02. The van der Waals surface area contributed by atoms with Crippen LogP contribution in [0.2, 0.25) is 5.02 Å². The SMILES string of the molecule is Cc1ccc(C(=O)NCCN(c2ccc(F)c(Cl)c2)S(C)(=O)=O)cc1. The lowest BCUT2D eigenvalue weighted by molar-refractivity contribution is 0.0955. The number of hydrogen-bond donors (Lipinski definition) is 1. The molecular formula is C17H18ClFN2O3S. The quantitative estimate of drug-likeness (QED) is 0.832. The zero-order chi connectivity index (χ0) is 18.6. The lowest BCUT2D eigenvalue weighted by Crippen LogP contribution is -2.38. The van der Waals surface area contributed by atoms with Gasteiger partial charge in [-0.3, -0.25) is 9.10 Å². The molecule has 0 atom stereocenters. The van der Waals surface area contributed by atoms with Crippen LogP contribution in [-0.4, -0.2) is 33.7 Å². The van der Waals surface area contributed by atoms with Crippen molar-refractivity contribution in [3.05, 3.63) is 64.4 Å². The van der Waals surface area contributed by atoms with E-state index in [1.54, 1.807) is 12.1 Å². The molecule has 1 N–H and O–H groups in total. The zero-order valence-corrected chi connectivity index (χ0v) is 15.4. The summed E-state index contributed by atoms with van der Waals surface area (Å²) in [7, 11) is -3.61. The molecule has 2 rings (SSSR count). The van der Waals surface area contributed by atoms with Crippen LogP contribution in [0.5, 0.6) is 0 Å². The number of nitrogens with one attached hydrogen (secondary N) is 1. The van der Waals surface area contributed by atoms with E-state index in [4.69, 9.17) is 11.6 Å². The minimum atomic E-state index is -3.61. The summed E-state index contributed by atoms with van der Waals surface area (Å²) in [5.74, 6) is -0.933. The summed E-state index contributed by atoms with van der Waals surface area (Å²) in [6, 6.07) is 10.7. The first-order valence-electron chi connectivity index (χ1n) is 7.46. The molecule has 134 valence electrons. The number of anilines is 1. The number of carbonyl (C=O) groups excluding carboxylic acids is 1. The Morgan fingerprint density at radius 1 is 1.20 bits per heavy atom. The van der Waals surface area contributed by atoms with Crippen molar-refractivity contribution in [1.82, 2.24) is 5.32 Å². The van der Waals surface area contributed by atoms with E-state index in [0.717, 1.165) is 22.2 Å². The van der Waals surface area contributed by atoms with Crippen LogP contribution in [0.4, 0.5) is 10.1 Å². The van der Waals surface area contributed by atoms with E-state index in [-0.39, 0.29) is 29.7 Å². The van der Waals surface area contributed by atoms with Crippen molar-refractivity contribution in [3.8, 4) is 0 Å². The highest BCUT2D eigenvalue weighted by Crippen LogP contribution is 2.24. The van der Waals surface area contributed by atoms with Gasteiger partial charge in [0.15, 0.2) is 0 Å². The van der Waals surface area contributed by atoms with Crippen molar-refractivity contribution >= 4 is 33.2 Å². The zero-order valence-electron chi connectivity index (χ0n) is 13.8. The van der Waals surface area contributed by atoms with Crippen LogP contribution >= 0.6 is 11.6 Å². The Hall–Kier alpha value is -2.12. The lowest BCUT2D eigenvalue weighted by Gasteiger charge is -2.22. The smallest absolute Gasteiger partial charge is 0.251 e. The number of carbonyl (C=O) groups is 1. The summed E-state index contributed by atoms with van der Waals surface area (Å²) in [5.41, 5.74) is 1.76. The normalized spacial score (nSPS) is 11.2. The number of aryl methyl sites for hydroxylation is 1. The van der Waals surface area contributed by atoms with Gasteiger partial charge in [-0.25, -0.2) is 12.8 Å². The number of benzene rings is 2. The van der Waals surface area contributed by atoms with Gasteiger partial charge in [-0.05, 0) is 37.3 Å². The first-order valence-corrected chi connectivity index (χ1v) is 9.69. The molecular weight excluding hydrogens is 367 g/mol. The first-order chi connectivity index (χ1) is 11.7. The van der Waals surface area contributed by atoms with Gasteiger partial charge in [0.1, 0.15) is 5.82 Å². The topological polar surface area (TPSA) is 66.5 Å². The molecule has 0 aliphatic carbocycles. The van der Waals surface area contributed by atoms with E-state index in [1.165, 1.54) is 12.1 Å². The van der Waals surface area contributed by atoms with E-state index in [1.807, 2.05) is 19.1 Å². The number of amides is 1. The van der Waals surface area contributed by atoms with Crippen LogP contribution in [0.15, 0.2) is 42.5 Å². The van der Waals surface area contributed by atoms with E-state index >= 15 is 0 Å². The molecule has 0 bridgehead atoms. The van der Waals surface area contributed by atoms with Gasteiger partial charge in [-0.2, -0.15) is 0 Å². The maximum Gasteiger partial charge on any atom is 0.251 e. The molecule has 1 amide bonds. The highest BCUT2D eigenvalue weighted by molar-refractivity contribution is 7.92. The third kappa shape index (κ3) is 5.17. The minimum absolute atomic E-state index is 0.00159. The molecule has 0 aliphatic rings. The molecule has 2 aromatic rings. The predicted octanol–water partition coefficient (Wildman–Crippen LogP) is 2.98. The summed E-state index contributed by atoms with van der Waals surface area (Å²) in [4.78, 5) is 12.1. The second kappa shape index (κ2) is 7.84. The first kappa shape index (κ1) is 19.2. The van der Waals surface area contributed by atoms with Crippen LogP contribution in [-0.2, 0) is 10.0 Å². The second-order valence-electron chi connectivity index (χ2n) is 5.56. The summed E-state index contributed by atoms with van der Waals surface area (Å²) in [5, 5.41) is 2.49. The molecule has 0 saturated heterocycles. The number of rotatable bonds is 6. The molecule has 8 heteroatoms. The molecule has 25 heavy (non-hydrogen) atoms. The average Bonchev–Trinajstić information content (AvgIpc) is 2.53. The number of sulfonamides is 1. The van der Waals surface area contributed by atoms with Crippen molar-refractivity contribution < 1.29 is 17.6 Å². The Labute approximate surface area is 151 Å². The van der Waals surface area contributed by atoms with E-state index < -0.39 is 15.8 Å². The summed E-state index contributed by atoms with van der Waals surface area (Å²) in [6.45, 7) is 2.01. The van der Waals surface area contributed by atoms with E-state index in [9.17, 15) is 17.6 Å². The largest absolute Gasteiger partial charge is 0.350 e. The summed E-state index contributed by atoms with van der Waals surface area (Å²) >= 11 is 5.72. The number of nitrogens with zero attached hydrogens (tertiary/aromatic N) is 1. The molecule has 0 unspecified atom stereocenters. The van der Waals surface area contributed by atoms with Gasteiger partial charge in [-0.1, -0.05) is 29.3 Å². The predicted molar refractivity (Wildman–Crippen MR) is 97.1 cm³/mol. The maximum atomic E-state index is 13.3. The fourth-order valence-electron chi connectivity index (χ4n) is 2.20. The Bertz CT molecular complexity index is 870. The molecule has 0 fully saturated rings. The fraction of sp³-hybridized carbons (Fsp3) is 0.235. The number of hydrogen-bond acceptors (Lipinski definition) is 3. The molecule has 0 spiro atoms. The highest BCUT2D eigenvalue weighted by atomic mass is 35.5. The average molecular weight is 385 g/mol. The van der Waals surface area contributed by atoms with Gasteiger partial charge in [0.05, 0.1) is 23.5 Å². The van der Waals surface area contributed by atoms with Gasteiger partial charge >= 0.3 is 0 Å². The summed E-state index contributed by atoms with van der Waals surface area (Å²) in [6.07, 6.45) is 1.03. The number of halogens is 2. The molecule has 5 nitrogen and oxygen atoms in total.